The number of aromatic carboxylic acids is 1. The van der Waals surface area contributed by atoms with Crippen molar-refractivity contribution in [3.63, 3.8) is 0 Å². The maximum absolute atomic E-state index is 10.7. The third-order valence-corrected chi connectivity index (χ3v) is 2.07. The lowest BCUT2D eigenvalue weighted by Crippen LogP contribution is -2.04. The zero-order valence-electron chi connectivity index (χ0n) is 8.44. The van der Waals surface area contributed by atoms with Gasteiger partial charge in [0.15, 0.2) is 0 Å². The molecule has 2 heterocycles. The number of carboxylic acids is 1. The molecule has 17 heavy (non-hydrogen) atoms. The fourth-order valence-corrected chi connectivity index (χ4v) is 1.35. The zero-order valence-corrected chi connectivity index (χ0v) is 8.44. The van der Waals surface area contributed by atoms with Gasteiger partial charge < -0.3 is 9.52 Å². The summed E-state index contributed by atoms with van der Waals surface area (Å²) in [7, 11) is 0. The predicted octanol–water partition coefficient (Wildman–Crippen LogP) is 1.13. The normalized spacial score (nSPS) is 10.4. The molecule has 2 aromatic heterocycles. The van der Waals surface area contributed by atoms with E-state index in [9.17, 15) is 14.9 Å². The van der Waals surface area contributed by atoms with Crippen molar-refractivity contribution >= 4 is 11.7 Å². The van der Waals surface area contributed by atoms with Crippen LogP contribution in [-0.2, 0) is 6.54 Å². The van der Waals surface area contributed by atoms with Crippen LogP contribution in [0.15, 0.2) is 29.2 Å². The number of carboxylic acid groups (broad SMARTS) is 1. The Morgan fingerprint density at radius 1 is 1.65 bits per heavy atom. The second kappa shape index (κ2) is 4.08. The maximum atomic E-state index is 10.7. The lowest BCUT2D eigenvalue weighted by atomic mass is 10.3. The third-order valence-electron chi connectivity index (χ3n) is 2.07. The minimum atomic E-state index is -1.43. The molecule has 8 nitrogen and oxygen atoms in total. The third kappa shape index (κ3) is 2.14. The Kier molecular flexibility index (Phi) is 2.61. The van der Waals surface area contributed by atoms with Gasteiger partial charge in [-0.15, -0.1) is 0 Å². The molecular formula is C9H7N3O5. The number of nitro groups is 1. The van der Waals surface area contributed by atoms with E-state index < -0.39 is 22.3 Å². The Morgan fingerprint density at radius 2 is 2.41 bits per heavy atom. The molecule has 1 N–H and O–H groups in total. The second-order valence-electron chi connectivity index (χ2n) is 3.25. The molecule has 0 aliphatic rings. The number of furan rings is 1. The van der Waals surface area contributed by atoms with Gasteiger partial charge in [0.2, 0.25) is 5.69 Å². The van der Waals surface area contributed by atoms with Gasteiger partial charge in [-0.2, -0.15) is 5.10 Å². The molecule has 0 saturated heterocycles. The minimum absolute atomic E-state index is 0.213. The monoisotopic (exact) mass is 237 g/mol. The summed E-state index contributed by atoms with van der Waals surface area (Å²) in [6, 6.07) is 1.66. The molecule has 0 unspecified atom stereocenters. The SMILES string of the molecule is O=C(O)c1nn(Cc2ccoc2)cc1[N+](=O)[O-]. The van der Waals surface area contributed by atoms with Crippen LogP contribution in [-0.4, -0.2) is 25.8 Å². The number of hydrogen-bond acceptors (Lipinski definition) is 5. The summed E-state index contributed by atoms with van der Waals surface area (Å²) >= 11 is 0. The number of nitrogens with zero attached hydrogens (tertiary/aromatic N) is 3. The summed E-state index contributed by atoms with van der Waals surface area (Å²) in [4.78, 5) is 20.6. The van der Waals surface area contributed by atoms with Gasteiger partial charge in [0.25, 0.3) is 0 Å². The van der Waals surface area contributed by atoms with Crippen LogP contribution in [0.2, 0.25) is 0 Å². The Labute approximate surface area is 94.2 Å². The Balaban J connectivity index is 2.34. The van der Waals surface area contributed by atoms with Crippen molar-refractivity contribution in [1.82, 2.24) is 9.78 Å². The van der Waals surface area contributed by atoms with Gasteiger partial charge in [-0.25, -0.2) is 4.79 Å². The quantitative estimate of drug-likeness (QED) is 0.630. The predicted molar refractivity (Wildman–Crippen MR) is 53.7 cm³/mol. The lowest BCUT2D eigenvalue weighted by Gasteiger charge is -1.95. The summed E-state index contributed by atoms with van der Waals surface area (Å²) in [6.45, 7) is 0.213. The molecule has 2 aromatic rings. The van der Waals surface area contributed by atoms with E-state index in [1.54, 1.807) is 6.07 Å². The molecular weight excluding hydrogens is 230 g/mol. The summed E-state index contributed by atoms with van der Waals surface area (Å²) in [5, 5.41) is 23.0. The number of hydrogen-bond donors (Lipinski definition) is 1. The number of aromatic nitrogens is 2. The molecule has 0 aliphatic carbocycles. The van der Waals surface area contributed by atoms with Gasteiger partial charge in [0.1, 0.15) is 6.20 Å². The van der Waals surface area contributed by atoms with Gasteiger partial charge in [0.05, 0.1) is 24.0 Å². The fraction of sp³-hybridized carbons (Fsp3) is 0.111. The van der Waals surface area contributed by atoms with E-state index in [2.05, 4.69) is 5.10 Å². The van der Waals surface area contributed by atoms with Crippen molar-refractivity contribution in [3.8, 4) is 0 Å². The molecule has 0 amide bonds. The van der Waals surface area contributed by atoms with E-state index in [1.807, 2.05) is 0 Å². The molecule has 8 heteroatoms. The van der Waals surface area contributed by atoms with Gasteiger partial charge in [-0.3, -0.25) is 14.8 Å². The minimum Gasteiger partial charge on any atom is -0.476 e. The second-order valence-corrected chi connectivity index (χ2v) is 3.25. The van der Waals surface area contributed by atoms with Gasteiger partial charge in [0, 0.05) is 5.56 Å². The Morgan fingerprint density at radius 3 is 2.88 bits per heavy atom. The van der Waals surface area contributed by atoms with Gasteiger partial charge in [-0.05, 0) is 6.07 Å². The van der Waals surface area contributed by atoms with E-state index in [0.29, 0.717) is 0 Å². The average Bonchev–Trinajstić information content (AvgIpc) is 2.86. The Hall–Kier alpha value is -2.64. The van der Waals surface area contributed by atoms with Crippen molar-refractivity contribution < 1.29 is 19.2 Å². The molecule has 2 rings (SSSR count). The van der Waals surface area contributed by atoms with Crippen molar-refractivity contribution in [1.29, 1.82) is 0 Å². The van der Waals surface area contributed by atoms with Crippen molar-refractivity contribution in [3.05, 3.63) is 46.2 Å². The molecule has 0 radical (unpaired) electrons. The van der Waals surface area contributed by atoms with Crippen LogP contribution in [0.3, 0.4) is 0 Å². The summed E-state index contributed by atoms with van der Waals surface area (Å²) in [5.74, 6) is -1.43. The van der Waals surface area contributed by atoms with Crippen LogP contribution in [0.1, 0.15) is 16.1 Å². The van der Waals surface area contributed by atoms with Crippen molar-refractivity contribution in [2.75, 3.05) is 0 Å². The number of rotatable bonds is 4. The average molecular weight is 237 g/mol. The molecule has 0 saturated carbocycles. The fourth-order valence-electron chi connectivity index (χ4n) is 1.35. The first-order valence-electron chi connectivity index (χ1n) is 4.54. The largest absolute Gasteiger partial charge is 0.476 e. The highest BCUT2D eigenvalue weighted by molar-refractivity contribution is 5.89. The smallest absolute Gasteiger partial charge is 0.363 e. The molecule has 0 atom stereocenters. The topological polar surface area (TPSA) is 111 Å². The molecule has 88 valence electrons. The van der Waals surface area contributed by atoms with E-state index in [1.165, 1.54) is 17.2 Å². The van der Waals surface area contributed by atoms with E-state index in [-0.39, 0.29) is 6.54 Å². The standard InChI is InChI=1S/C9H7N3O5/c13-9(14)8-7(12(15)16)4-11(10-8)3-6-1-2-17-5-6/h1-2,4-5H,3H2,(H,13,14). The van der Waals surface area contributed by atoms with Crippen LogP contribution in [0.5, 0.6) is 0 Å². The first kappa shape index (κ1) is 10.9. The van der Waals surface area contributed by atoms with Crippen molar-refractivity contribution in [2.24, 2.45) is 0 Å². The lowest BCUT2D eigenvalue weighted by molar-refractivity contribution is -0.385. The van der Waals surface area contributed by atoms with E-state index in [4.69, 9.17) is 9.52 Å². The highest BCUT2D eigenvalue weighted by Crippen LogP contribution is 2.17. The van der Waals surface area contributed by atoms with Crippen molar-refractivity contribution in [2.45, 2.75) is 6.54 Å². The summed E-state index contributed by atoms with van der Waals surface area (Å²) in [6.07, 6.45) is 3.98. The summed E-state index contributed by atoms with van der Waals surface area (Å²) in [5.41, 5.74) is -0.362. The van der Waals surface area contributed by atoms with Crippen LogP contribution in [0.4, 0.5) is 5.69 Å². The molecule has 0 spiro atoms. The van der Waals surface area contributed by atoms with E-state index >= 15 is 0 Å². The number of carbonyl (C=O) groups is 1. The summed E-state index contributed by atoms with van der Waals surface area (Å²) < 4.78 is 6.01. The maximum Gasteiger partial charge on any atom is 0.363 e. The van der Waals surface area contributed by atoms with Crippen LogP contribution in [0, 0.1) is 10.1 Å². The van der Waals surface area contributed by atoms with E-state index in [0.717, 1.165) is 11.8 Å². The molecule has 0 aromatic carbocycles. The Bertz CT molecular complexity index is 526. The van der Waals surface area contributed by atoms with Crippen LogP contribution >= 0.6 is 0 Å². The highest BCUT2D eigenvalue weighted by atomic mass is 16.6. The van der Waals surface area contributed by atoms with Crippen LogP contribution < -0.4 is 0 Å². The van der Waals surface area contributed by atoms with Gasteiger partial charge in [-0.1, -0.05) is 0 Å². The van der Waals surface area contributed by atoms with Crippen LogP contribution in [0.25, 0.3) is 0 Å². The first-order chi connectivity index (χ1) is 8.08. The molecule has 0 fully saturated rings. The molecule has 0 bridgehead atoms. The first-order valence-corrected chi connectivity index (χ1v) is 4.54. The zero-order chi connectivity index (χ0) is 12.4. The van der Waals surface area contributed by atoms with Gasteiger partial charge >= 0.3 is 11.7 Å². The molecule has 0 aliphatic heterocycles. The highest BCUT2D eigenvalue weighted by Gasteiger charge is 2.25.